The summed E-state index contributed by atoms with van der Waals surface area (Å²) in [6.45, 7) is 8.40. The lowest BCUT2D eigenvalue weighted by Gasteiger charge is -2.24. The number of benzene rings is 2. The van der Waals surface area contributed by atoms with Gasteiger partial charge in [0.1, 0.15) is 18.2 Å². The number of amides is 1. The summed E-state index contributed by atoms with van der Waals surface area (Å²) in [5.41, 5.74) is 6.97. The van der Waals surface area contributed by atoms with Crippen LogP contribution in [0.25, 0.3) is 5.95 Å². The van der Waals surface area contributed by atoms with Gasteiger partial charge in [0.2, 0.25) is 5.91 Å². The number of nitrogens with one attached hydrogen (secondary N) is 1. The van der Waals surface area contributed by atoms with E-state index in [9.17, 15) is 4.79 Å². The highest BCUT2D eigenvalue weighted by molar-refractivity contribution is 5.95. The first-order chi connectivity index (χ1) is 16.4. The summed E-state index contributed by atoms with van der Waals surface area (Å²) in [7, 11) is 0. The first-order valence-corrected chi connectivity index (χ1v) is 11.4. The molecule has 4 aromatic rings. The number of ether oxygens (including phenoxy) is 1. The van der Waals surface area contributed by atoms with E-state index in [1.807, 2.05) is 63.2 Å². The molecule has 2 aromatic carbocycles. The average molecular weight is 454 g/mol. The van der Waals surface area contributed by atoms with Crippen molar-refractivity contribution in [2.24, 2.45) is 0 Å². The molecule has 1 atom stereocenters. The molecule has 7 nitrogen and oxygen atoms in total. The number of rotatable bonds is 5. The minimum absolute atomic E-state index is 0.0529. The number of hydrogen-bond donors (Lipinski definition) is 1. The van der Waals surface area contributed by atoms with E-state index in [1.165, 1.54) is 5.56 Å². The van der Waals surface area contributed by atoms with Gasteiger partial charge in [0.15, 0.2) is 0 Å². The predicted octanol–water partition coefficient (Wildman–Crippen LogP) is 4.95. The van der Waals surface area contributed by atoms with Gasteiger partial charge in [0.25, 0.3) is 5.95 Å². The summed E-state index contributed by atoms with van der Waals surface area (Å²) >= 11 is 0. The number of carbonyl (C=O) groups excluding carboxylic acids is 1. The average Bonchev–Trinajstić information content (AvgIpc) is 3.14. The SMILES string of the molecule is Cc1cc(C)nc(-n2nc(C)c3c2NC(=O)C[C@@H]3c2ccc(OCc3ccccc3C)cc2)n1. The van der Waals surface area contributed by atoms with Gasteiger partial charge in [-0.05, 0) is 62.6 Å². The van der Waals surface area contributed by atoms with Gasteiger partial charge in [0, 0.05) is 29.3 Å². The fraction of sp³-hybridized carbons (Fsp3) is 0.259. The number of nitrogens with zero attached hydrogens (tertiary/aromatic N) is 4. The van der Waals surface area contributed by atoms with Gasteiger partial charge in [-0.2, -0.15) is 9.78 Å². The van der Waals surface area contributed by atoms with E-state index >= 15 is 0 Å². The Morgan fingerprint density at radius 3 is 2.41 bits per heavy atom. The highest BCUT2D eigenvalue weighted by Gasteiger charge is 2.33. The fourth-order valence-electron chi connectivity index (χ4n) is 4.51. The number of aryl methyl sites for hydroxylation is 4. The van der Waals surface area contributed by atoms with Crippen LogP contribution < -0.4 is 10.1 Å². The smallest absolute Gasteiger partial charge is 0.252 e. The second kappa shape index (κ2) is 8.74. The summed E-state index contributed by atoms with van der Waals surface area (Å²) in [5, 5.41) is 7.69. The molecule has 34 heavy (non-hydrogen) atoms. The summed E-state index contributed by atoms with van der Waals surface area (Å²) in [4.78, 5) is 21.7. The molecule has 1 aliphatic heterocycles. The maximum atomic E-state index is 12.7. The summed E-state index contributed by atoms with van der Waals surface area (Å²) in [5.74, 6) is 1.74. The van der Waals surface area contributed by atoms with Crippen molar-refractivity contribution in [1.82, 2.24) is 19.7 Å². The van der Waals surface area contributed by atoms with Gasteiger partial charge in [0.05, 0.1) is 5.69 Å². The maximum absolute atomic E-state index is 12.7. The highest BCUT2D eigenvalue weighted by atomic mass is 16.5. The van der Waals surface area contributed by atoms with Gasteiger partial charge in [-0.1, -0.05) is 36.4 Å². The molecule has 1 N–H and O–H groups in total. The molecule has 0 fully saturated rings. The number of anilines is 1. The second-order valence-electron chi connectivity index (χ2n) is 8.80. The fourth-order valence-corrected chi connectivity index (χ4v) is 4.51. The lowest BCUT2D eigenvalue weighted by molar-refractivity contribution is -0.116. The Hall–Kier alpha value is -4.00. The third-order valence-electron chi connectivity index (χ3n) is 6.20. The zero-order valence-corrected chi connectivity index (χ0v) is 19.8. The van der Waals surface area contributed by atoms with Gasteiger partial charge in [-0.3, -0.25) is 4.79 Å². The molecule has 0 radical (unpaired) electrons. The monoisotopic (exact) mass is 453 g/mol. The zero-order chi connectivity index (χ0) is 23.8. The number of fused-ring (bicyclic) bond motifs is 1. The number of hydrogen-bond acceptors (Lipinski definition) is 5. The van der Waals surface area contributed by atoms with E-state index in [2.05, 4.69) is 34.3 Å². The van der Waals surface area contributed by atoms with Gasteiger partial charge < -0.3 is 10.1 Å². The first kappa shape index (κ1) is 21.8. The summed E-state index contributed by atoms with van der Waals surface area (Å²) in [6.07, 6.45) is 0.358. The molecule has 3 heterocycles. The molecule has 0 saturated heterocycles. The molecule has 7 heteroatoms. The van der Waals surface area contributed by atoms with Gasteiger partial charge >= 0.3 is 0 Å². The van der Waals surface area contributed by atoms with Crippen LogP contribution in [0.15, 0.2) is 54.6 Å². The van der Waals surface area contributed by atoms with Crippen LogP contribution in [-0.2, 0) is 11.4 Å². The van der Waals surface area contributed by atoms with E-state index in [-0.39, 0.29) is 11.8 Å². The van der Waals surface area contributed by atoms with E-state index in [0.29, 0.717) is 24.8 Å². The van der Waals surface area contributed by atoms with Gasteiger partial charge in [-0.15, -0.1) is 0 Å². The Kier molecular flexibility index (Phi) is 5.61. The topological polar surface area (TPSA) is 81.9 Å². The Balaban J connectivity index is 1.44. The predicted molar refractivity (Wildman–Crippen MR) is 130 cm³/mol. The molecule has 0 bridgehead atoms. The van der Waals surface area contributed by atoms with Crippen molar-refractivity contribution in [2.75, 3.05) is 5.32 Å². The van der Waals surface area contributed by atoms with Crippen molar-refractivity contribution >= 4 is 11.7 Å². The standard InChI is InChI=1S/C27H27N5O2/c1-16-7-5-6-8-21(16)15-34-22-11-9-20(10-12-22)23-14-24(33)30-26-25(23)19(4)31-32(26)27-28-17(2)13-18(3)29-27/h5-13,23H,14-15H2,1-4H3,(H,30,33)/t23-/m1/s1. The van der Waals surface area contributed by atoms with Crippen LogP contribution in [-0.4, -0.2) is 25.7 Å². The number of aromatic nitrogens is 4. The molecule has 5 rings (SSSR count). The molecule has 2 aromatic heterocycles. The Morgan fingerprint density at radius 1 is 1.00 bits per heavy atom. The maximum Gasteiger partial charge on any atom is 0.252 e. The zero-order valence-electron chi connectivity index (χ0n) is 19.8. The lowest BCUT2D eigenvalue weighted by Crippen LogP contribution is -2.25. The van der Waals surface area contributed by atoms with Crippen molar-refractivity contribution in [2.45, 2.75) is 46.6 Å². The van der Waals surface area contributed by atoms with E-state index in [0.717, 1.165) is 39.5 Å². The summed E-state index contributed by atoms with van der Waals surface area (Å²) < 4.78 is 7.65. The molecule has 0 unspecified atom stereocenters. The number of carbonyl (C=O) groups is 1. The molecular formula is C27H27N5O2. The quantitative estimate of drug-likeness (QED) is 0.462. The highest BCUT2D eigenvalue weighted by Crippen LogP contribution is 2.40. The van der Waals surface area contributed by atoms with Crippen LogP contribution in [0.1, 0.15) is 51.7 Å². The minimum Gasteiger partial charge on any atom is -0.489 e. The van der Waals surface area contributed by atoms with Crippen LogP contribution in [0.4, 0.5) is 5.82 Å². The third kappa shape index (κ3) is 4.17. The van der Waals surface area contributed by atoms with E-state index in [4.69, 9.17) is 9.84 Å². The largest absolute Gasteiger partial charge is 0.489 e. The van der Waals surface area contributed by atoms with Crippen molar-refractivity contribution < 1.29 is 9.53 Å². The van der Waals surface area contributed by atoms with Crippen molar-refractivity contribution in [3.05, 3.63) is 93.9 Å². The van der Waals surface area contributed by atoms with Crippen LogP contribution in [0.2, 0.25) is 0 Å². The normalized spacial score (nSPS) is 15.1. The molecular weight excluding hydrogens is 426 g/mol. The minimum atomic E-state index is -0.103. The molecule has 172 valence electrons. The molecule has 0 saturated carbocycles. The molecule has 1 amide bonds. The summed E-state index contributed by atoms with van der Waals surface area (Å²) in [6, 6.07) is 18.1. The second-order valence-corrected chi connectivity index (χ2v) is 8.80. The Morgan fingerprint density at radius 2 is 1.71 bits per heavy atom. The van der Waals surface area contributed by atoms with Crippen LogP contribution in [0.5, 0.6) is 5.75 Å². The Labute approximate surface area is 198 Å². The van der Waals surface area contributed by atoms with E-state index in [1.54, 1.807) is 4.68 Å². The van der Waals surface area contributed by atoms with Gasteiger partial charge in [-0.25, -0.2) is 9.97 Å². The van der Waals surface area contributed by atoms with Crippen LogP contribution >= 0.6 is 0 Å². The molecule has 1 aliphatic rings. The first-order valence-electron chi connectivity index (χ1n) is 11.4. The van der Waals surface area contributed by atoms with Crippen molar-refractivity contribution in [3.63, 3.8) is 0 Å². The lowest BCUT2D eigenvalue weighted by atomic mass is 9.86. The van der Waals surface area contributed by atoms with Crippen LogP contribution in [0, 0.1) is 27.7 Å². The molecule has 0 spiro atoms. The molecule has 0 aliphatic carbocycles. The van der Waals surface area contributed by atoms with Crippen molar-refractivity contribution in [1.29, 1.82) is 0 Å². The van der Waals surface area contributed by atoms with Crippen LogP contribution in [0.3, 0.4) is 0 Å². The third-order valence-corrected chi connectivity index (χ3v) is 6.20. The van der Waals surface area contributed by atoms with E-state index < -0.39 is 0 Å². The van der Waals surface area contributed by atoms with Crippen molar-refractivity contribution in [3.8, 4) is 11.7 Å². The Bertz CT molecular complexity index is 1350.